The van der Waals surface area contributed by atoms with Crippen LogP contribution in [-0.4, -0.2) is 40.8 Å². The molecular formula is C18H25N2O+. The maximum atomic E-state index is 9.36. The third kappa shape index (κ3) is 2.29. The Bertz CT molecular complexity index is 630. The van der Waals surface area contributed by atoms with Crippen LogP contribution in [0.3, 0.4) is 0 Å². The molecule has 0 unspecified atom stereocenters. The van der Waals surface area contributed by atoms with E-state index in [1.165, 1.54) is 72.8 Å². The summed E-state index contributed by atoms with van der Waals surface area (Å²) in [5.74, 6) is 0.692. The van der Waals surface area contributed by atoms with Crippen molar-refractivity contribution in [3.05, 3.63) is 35.5 Å². The lowest BCUT2D eigenvalue weighted by Crippen LogP contribution is -2.50. The van der Waals surface area contributed by atoms with E-state index < -0.39 is 0 Å². The molecule has 21 heavy (non-hydrogen) atoms. The third-order valence-electron chi connectivity index (χ3n) is 5.82. The average molecular weight is 285 g/mol. The second kappa shape index (κ2) is 5.15. The molecule has 2 N–H and O–H groups in total. The van der Waals surface area contributed by atoms with Gasteiger partial charge in [-0.1, -0.05) is 6.07 Å². The highest BCUT2D eigenvalue weighted by Gasteiger charge is 2.37. The minimum atomic E-state index is 0.130. The molecule has 112 valence electrons. The zero-order valence-corrected chi connectivity index (χ0v) is 12.6. The zero-order valence-electron chi connectivity index (χ0n) is 12.6. The number of aromatic nitrogens is 1. The van der Waals surface area contributed by atoms with E-state index in [9.17, 15) is 5.11 Å². The van der Waals surface area contributed by atoms with Crippen LogP contribution in [0.5, 0.6) is 0 Å². The summed E-state index contributed by atoms with van der Waals surface area (Å²) in [5.41, 5.74) is 3.69. The minimum absolute atomic E-state index is 0.130. The number of hydrogen-bond donors (Lipinski definition) is 2. The molecule has 1 aromatic heterocycles. The Balaban J connectivity index is 1.59. The fourth-order valence-electron chi connectivity index (χ4n) is 4.51. The van der Waals surface area contributed by atoms with Gasteiger partial charge in [-0.25, -0.2) is 0 Å². The number of aromatic amines is 1. The van der Waals surface area contributed by atoms with Crippen molar-refractivity contribution in [2.45, 2.75) is 38.2 Å². The van der Waals surface area contributed by atoms with Gasteiger partial charge in [0.1, 0.15) is 0 Å². The van der Waals surface area contributed by atoms with Crippen molar-refractivity contribution in [2.24, 2.45) is 0 Å². The fourth-order valence-corrected chi connectivity index (χ4v) is 4.51. The molecule has 0 atom stereocenters. The van der Waals surface area contributed by atoms with Crippen molar-refractivity contribution >= 4 is 10.9 Å². The fraction of sp³-hybridized carbons (Fsp3) is 0.556. The first kappa shape index (κ1) is 13.4. The summed E-state index contributed by atoms with van der Waals surface area (Å²) in [5, 5.41) is 10.7. The highest BCUT2D eigenvalue weighted by atomic mass is 16.3. The Morgan fingerprint density at radius 3 is 2.57 bits per heavy atom. The number of piperidine rings is 1. The number of benzene rings is 1. The Labute approximate surface area is 126 Å². The standard InChI is InChI=1S/C18H25N2O/c21-13-14-3-4-18-16(11-14)17(12-19-18)15-5-9-20(10-6-15)7-1-2-8-20/h3-4,11-12,15,19,21H,1-2,5-10,13H2/q+1. The number of fused-ring (bicyclic) bond motifs is 1. The van der Waals surface area contributed by atoms with Gasteiger partial charge in [-0.05, 0) is 29.2 Å². The van der Waals surface area contributed by atoms with Crippen LogP contribution in [0.4, 0.5) is 0 Å². The Hall–Kier alpha value is -1.32. The lowest BCUT2D eigenvalue weighted by molar-refractivity contribution is -0.921. The number of nitrogens with one attached hydrogen (secondary N) is 1. The first-order valence-electron chi connectivity index (χ1n) is 8.36. The summed E-state index contributed by atoms with van der Waals surface area (Å²) in [4.78, 5) is 3.41. The SMILES string of the molecule is OCc1ccc2[nH]cc(C3CC[N+]4(CCCC4)CC3)c2c1. The molecule has 2 fully saturated rings. The summed E-state index contributed by atoms with van der Waals surface area (Å²) in [6.45, 7) is 5.67. The smallest absolute Gasteiger partial charge is 0.0792 e. The van der Waals surface area contributed by atoms with Gasteiger partial charge in [0.25, 0.3) is 0 Å². The molecule has 0 amide bonds. The van der Waals surface area contributed by atoms with Gasteiger partial charge in [-0.3, -0.25) is 0 Å². The Kier molecular flexibility index (Phi) is 3.27. The van der Waals surface area contributed by atoms with Gasteiger partial charge in [0.2, 0.25) is 0 Å². The van der Waals surface area contributed by atoms with Crippen molar-refractivity contribution in [2.75, 3.05) is 26.2 Å². The molecule has 0 saturated carbocycles. The van der Waals surface area contributed by atoms with E-state index in [4.69, 9.17) is 0 Å². The van der Waals surface area contributed by atoms with Crippen LogP contribution in [0.1, 0.15) is 42.7 Å². The summed E-state index contributed by atoms with van der Waals surface area (Å²) < 4.78 is 1.39. The van der Waals surface area contributed by atoms with E-state index in [-0.39, 0.29) is 6.61 Å². The molecule has 3 heterocycles. The zero-order chi connectivity index (χ0) is 14.3. The maximum Gasteiger partial charge on any atom is 0.0792 e. The van der Waals surface area contributed by atoms with E-state index in [1.54, 1.807) is 0 Å². The second-order valence-electron chi connectivity index (χ2n) is 7.00. The topological polar surface area (TPSA) is 36.0 Å². The van der Waals surface area contributed by atoms with E-state index >= 15 is 0 Å². The predicted octanol–water partition coefficient (Wildman–Crippen LogP) is 3.15. The van der Waals surface area contributed by atoms with Gasteiger partial charge in [0, 0.05) is 42.8 Å². The molecule has 3 nitrogen and oxygen atoms in total. The molecule has 0 radical (unpaired) electrons. The van der Waals surface area contributed by atoms with Crippen molar-refractivity contribution in [3.63, 3.8) is 0 Å². The maximum absolute atomic E-state index is 9.36. The van der Waals surface area contributed by atoms with Crippen molar-refractivity contribution in [1.29, 1.82) is 0 Å². The first-order valence-corrected chi connectivity index (χ1v) is 8.36. The lowest BCUT2D eigenvalue weighted by Gasteiger charge is -2.40. The summed E-state index contributed by atoms with van der Waals surface area (Å²) >= 11 is 0. The van der Waals surface area contributed by atoms with Gasteiger partial charge < -0.3 is 14.6 Å². The summed E-state index contributed by atoms with van der Waals surface area (Å²) in [7, 11) is 0. The average Bonchev–Trinajstić information content (AvgIpc) is 3.15. The molecule has 0 aliphatic carbocycles. The van der Waals surface area contributed by atoms with Crippen LogP contribution >= 0.6 is 0 Å². The molecule has 1 aromatic carbocycles. The largest absolute Gasteiger partial charge is 0.392 e. The quantitative estimate of drug-likeness (QED) is 0.817. The molecule has 2 saturated heterocycles. The van der Waals surface area contributed by atoms with Crippen LogP contribution in [-0.2, 0) is 6.61 Å². The number of quaternary nitrogens is 1. The number of aliphatic hydroxyl groups excluding tert-OH is 1. The van der Waals surface area contributed by atoms with Crippen molar-refractivity contribution in [3.8, 4) is 0 Å². The van der Waals surface area contributed by atoms with Crippen LogP contribution in [0.15, 0.2) is 24.4 Å². The van der Waals surface area contributed by atoms with Gasteiger partial charge >= 0.3 is 0 Å². The van der Waals surface area contributed by atoms with Gasteiger partial charge in [-0.2, -0.15) is 0 Å². The number of nitrogens with zero attached hydrogens (tertiary/aromatic N) is 1. The van der Waals surface area contributed by atoms with Crippen LogP contribution in [0, 0.1) is 0 Å². The second-order valence-corrected chi connectivity index (χ2v) is 7.00. The molecular weight excluding hydrogens is 260 g/mol. The predicted molar refractivity (Wildman–Crippen MR) is 85.2 cm³/mol. The summed E-state index contributed by atoms with van der Waals surface area (Å²) in [6.07, 6.45) is 7.69. The first-order chi connectivity index (χ1) is 10.3. The van der Waals surface area contributed by atoms with Crippen LogP contribution < -0.4 is 0 Å². The Morgan fingerprint density at radius 1 is 1.10 bits per heavy atom. The van der Waals surface area contributed by atoms with Gasteiger partial charge in [0.05, 0.1) is 32.8 Å². The van der Waals surface area contributed by atoms with E-state index in [1.807, 2.05) is 6.07 Å². The van der Waals surface area contributed by atoms with Gasteiger partial charge in [0.15, 0.2) is 0 Å². The number of rotatable bonds is 2. The summed E-state index contributed by atoms with van der Waals surface area (Å²) in [6, 6.07) is 6.27. The number of H-pyrrole nitrogens is 1. The van der Waals surface area contributed by atoms with E-state index in [0.29, 0.717) is 5.92 Å². The minimum Gasteiger partial charge on any atom is -0.392 e. The normalized spacial score (nSPS) is 22.3. The highest BCUT2D eigenvalue weighted by Crippen LogP contribution is 2.37. The van der Waals surface area contributed by atoms with Crippen molar-refractivity contribution in [1.82, 2.24) is 4.98 Å². The molecule has 3 heteroatoms. The molecule has 4 rings (SSSR count). The van der Waals surface area contributed by atoms with Crippen LogP contribution in [0.2, 0.25) is 0 Å². The van der Waals surface area contributed by atoms with Crippen LogP contribution in [0.25, 0.3) is 10.9 Å². The van der Waals surface area contributed by atoms with Crippen molar-refractivity contribution < 1.29 is 9.59 Å². The number of aliphatic hydroxyl groups is 1. The molecule has 2 aromatic rings. The number of hydrogen-bond acceptors (Lipinski definition) is 1. The Morgan fingerprint density at radius 2 is 1.86 bits per heavy atom. The van der Waals surface area contributed by atoms with E-state index in [0.717, 1.165) is 5.56 Å². The van der Waals surface area contributed by atoms with E-state index in [2.05, 4.69) is 23.3 Å². The molecule has 2 aliphatic heterocycles. The van der Waals surface area contributed by atoms with Gasteiger partial charge in [-0.15, -0.1) is 0 Å². The lowest BCUT2D eigenvalue weighted by atomic mass is 9.88. The molecule has 1 spiro atoms. The third-order valence-corrected chi connectivity index (χ3v) is 5.82. The highest BCUT2D eigenvalue weighted by molar-refractivity contribution is 5.84. The molecule has 2 aliphatic rings. The molecule has 0 bridgehead atoms. The monoisotopic (exact) mass is 285 g/mol.